The molecule has 4 nitrogen and oxygen atoms in total. The van der Waals surface area contributed by atoms with Gasteiger partial charge in [0.2, 0.25) is 0 Å². The van der Waals surface area contributed by atoms with Crippen molar-refractivity contribution in [2.45, 2.75) is 6.18 Å². The van der Waals surface area contributed by atoms with Gasteiger partial charge < -0.3 is 10.4 Å². The SMILES string of the molecule is O=C(Nc1cccc(C=Cc2ccc3c(Cl)cc(Cl)c(O)c3n2)c1)C(F)(F)F. The van der Waals surface area contributed by atoms with E-state index >= 15 is 0 Å². The van der Waals surface area contributed by atoms with Crippen LogP contribution in [0, 0.1) is 0 Å². The van der Waals surface area contributed by atoms with Crippen LogP contribution in [0.5, 0.6) is 5.75 Å². The Morgan fingerprint density at radius 1 is 1.07 bits per heavy atom. The van der Waals surface area contributed by atoms with Gasteiger partial charge in [-0.3, -0.25) is 4.79 Å². The molecule has 0 aliphatic carbocycles. The molecule has 3 aromatic rings. The summed E-state index contributed by atoms with van der Waals surface area (Å²) in [6, 6.07) is 10.6. The maximum absolute atomic E-state index is 12.3. The van der Waals surface area contributed by atoms with E-state index in [9.17, 15) is 23.1 Å². The normalized spacial score (nSPS) is 11.9. The Bertz CT molecular complexity index is 1100. The quantitative estimate of drug-likeness (QED) is 0.546. The Balaban J connectivity index is 1.87. The molecular formula is C19H11Cl2F3N2O2. The second kappa shape index (κ2) is 7.69. The zero-order chi connectivity index (χ0) is 20.5. The number of amides is 1. The average Bonchev–Trinajstić information content (AvgIpc) is 2.64. The largest absolute Gasteiger partial charge is 0.504 e. The number of rotatable bonds is 3. The summed E-state index contributed by atoms with van der Waals surface area (Å²) in [5.74, 6) is -2.25. The maximum atomic E-state index is 12.3. The standard InChI is InChI=1S/C19H11Cl2F3N2O2/c20-14-9-15(21)17(27)16-13(14)7-6-11(25-16)5-4-10-2-1-3-12(8-10)26-18(28)19(22,23)24/h1-9,27H,(H,26,28). The van der Waals surface area contributed by atoms with Crippen molar-refractivity contribution in [1.29, 1.82) is 0 Å². The van der Waals surface area contributed by atoms with Gasteiger partial charge >= 0.3 is 12.1 Å². The number of hydrogen-bond acceptors (Lipinski definition) is 3. The molecule has 0 aliphatic rings. The summed E-state index contributed by atoms with van der Waals surface area (Å²) in [5.41, 5.74) is 1.24. The minimum absolute atomic E-state index is 0.00662. The third-order valence-electron chi connectivity index (χ3n) is 3.73. The van der Waals surface area contributed by atoms with E-state index in [1.165, 1.54) is 24.3 Å². The van der Waals surface area contributed by atoms with Gasteiger partial charge in [-0.1, -0.05) is 41.4 Å². The molecule has 0 saturated carbocycles. The smallest absolute Gasteiger partial charge is 0.471 e. The Morgan fingerprint density at radius 3 is 2.54 bits per heavy atom. The molecule has 0 radical (unpaired) electrons. The van der Waals surface area contributed by atoms with Crippen LogP contribution in [0.3, 0.4) is 0 Å². The molecular weight excluding hydrogens is 416 g/mol. The van der Waals surface area contributed by atoms with Crippen LogP contribution in [0.2, 0.25) is 10.0 Å². The number of aromatic hydroxyl groups is 1. The number of nitrogens with one attached hydrogen (secondary N) is 1. The number of phenolic OH excluding ortho intramolecular Hbond substituents is 1. The van der Waals surface area contributed by atoms with Crippen molar-refractivity contribution in [2.75, 3.05) is 5.32 Å². The predicted molar refractivity (Wildman–Crippen MR) is 103 cm³/mol. The molecule has 144 valence electrons. The van der Waals surface area contributed by atoms with Crippen molar-refractivity contribution in [3.63, 3.8) is 0 Å². The zero-order valence-corrected chi connectivity index (χ0v) is 15.4. The van der Waals surface area contributed by atoms with E-state index in [0.29, 0.717) is 21.7 Å². The fourth-order valence-electron chi connectivity index (χ4n) is 2.41. The van der Waals surface area contributed by atoms with Gasteiger partial charge in [0.05, 0.1) is 15.7 Å². The summed E-state index contributed by atoms with van der Waals surface area (Å²) in [6.07, 6.45) is -1.77. The summed E-state index contributed by atoms with van der Waals surface area (Å²) < 4.78 is 37.0. The minimum Gasteiger partial charge on any atom is -0.504 e. The summed E-state index contributed by atoms with van der Waals surface area (Å²) >= 11 is 12.0. The summed E-state index contributed by atoms with van der Waals surface area (Å²) in [6.45, 7) is 0. The van der Waals surface area contributed by atoms with Crippen LogP contribution in [0.4, 0.5) is 18.9 Å². The number of carbonyl (C=O) groups is 1. The van der Waals surface area contributed by atoms with Gasteiger partial charge in [0, 0.05) is 11.1 Å². The first-order chi connectivity index (χ1) is 13.1. The zero-order valence-electron chi connectivity index (χ0n) is 13.9. The molecule has 2 aromatic carbocycles. The topological polar surface area (TPSA) is 62.2 Å². The highest BCUT2D eigenvalue weighted by molar-refractivity contribution is 6.39. The lowest BCUT2D eigenvalue weighted by Crippen LogP contribution is -2.29. The number of carbonyl (C=O) groups excluding carboxylic acids is 1. The molecule has 0 unspecified atom stereocenters. The second-order valence-electron chi connectivity index (χ2n) is 5.73. The van der Waals surface area contributed by atoms with Gasteiger partial charge in [-0.15, -0.1) is 0 Å². The summed E-state index contributed by atoms with van der Waals surface area (Å²) in [4.78, 5) is 15.3. The summed E-state index contributed by atoms with van der Waals surface area (Å²) in [5, 5.41) is 12.8. The van der Waals surface area contributed by atoms with E-state index in [1.54, 1.807) is 35.7 Å². The molecule has 0 aliphatic heterocycles. The van der Waals surface area contributed by atoms with Gasteiger partial charge in [0.25, 0.3) is 0 Å². The highest BCUT2D eigenvalue weighted by Gasteiger charge is 2.38. The Labute approximate surface area is 167 Å². The van der Waals surface area contributed by atoms with Crippen molar-refractivity contribution in [2.24, 2.45) is 0 Å². The van der Waals surface area contributed by atoms with E-state index < -0.39 is 12.1 Å². The van der Waals surface area contributed by atoms with Gasteiger partial charge in [-0.25, -0.2) is 4.98 Å². The fraction of sp³-hybridized carbons (Fsp3) is 0.0526. The lowest BCUT2D eigenvalue weighted by atomic mass is 10.1. The van der Waals surface area contributed by atoms with Crippen molar-refractivity contribution in [3.05, 3.63) is 63.8 Å². The Kier molecular flexibility index (Phi) is 5.49. The highest BCUT2D eigenvalue weighted by Crippen LogP contribution is 2.36. The third kappa shape index (κ3) is 4.37. The Hall–Kier alpha value is -2.77. The van der Waals surface area contributed by atoms with Gasteiger partial charge in [0.1, 0.15) is 5.52 Å². The molecule has 28 heavy (non-hydrogen) atoms. The molecule has 3 rings (SSSR count). The number of alkyl halides is 3. The number of hydrogen-bond donors (Lipinski definition) is 2. The monoisotopic (exact) mass is 426 g/mol. The van der Waals surface area contributed by atoms with E-state index in [1.807, 2.05) is 0 Å². The van der Waals surface area contributed by atoms with Crippen LogP contribution in [0.15, 0.2) is 42.5 Å². The molecule has 0 saturated heterocycles. The van der Waals surface area contributed by atoms with Crippen LogP contribution in [-0.4, -0.2) is 22.2 Å². The predicted octanol–water partition coefficient (Wildman–Crippen LogP) is 5.92. The average molecular weight is 427 g/mol. The molecule has 2 N–H and O–H groups in total. The van der Waals surface area contributed by atoms with Crippen molar-refractivity contribution in [3.8, 4) is 5.75 Å². The number of phenols is 1. The van der Waals surface area contributed by atoms with Crippen LogP contribution in [-0.2, 0) is 4.79 Å². The number of aromatic nitrogens is 1. The molecule has 1 heterocycles. The van der Waals surface area contributed by atoms with Gasteiger partial charge in [-0.2, -0.15) is 13.2 Å². The van der Waals surface area contributed by atoms with Crippen molar-refractivity contribution >= 4 is 57.9 Å². The molecule has 1 amide bonds. The number of halogens is 5. The first kappa shape index (κ1) is 20.0. The number of anilines is 1. The lowest BCUT2D eigenvalue weighted by molar-refractivity contribution is -0.167. The minimum atomic E-state index is -4.97. The van der Waals surface area contributed by atoms with Gasteiger partial charge in [-0.05, 0) is 42.0 Å². The lowest BCUT2D eigenvalue weighted by Gasteiger charge is -2.08. The summed E-state index contributed by atoms with van der Waals surface area (Å²) in [7, 11) is 0. The van der Waals surface area contributed by atoms with E-state index in [-0.39, 0.29) is 22.0 Å². The number of nitrogens with zero attached hydrogens (tertiary/aromatic N) is 1. The van der Waals surface area contributed by atoms with E-state index in [0.717, 1.165) is 0 Å². The van der Waals surface area contributed by atoms with Crippen LogP contribution >= 0.6 is 23.2 Å². The third-order valence-corrected chi connectivity index (χ3v) is 4.33. The number of benzene rings is 2. The maximum Gasteiger partial charge on any atom is 0.471 e. The van der Waals surface area contributed by atoms with Crippen LogP contribution in [0.1, 0.15) is 11.3 Å². The molecule has 0 atom stereocenters. The van der Waals surface area contributed by atoms with Crippen molar-refractivity contribution < 1.29 is 23.1 Å². The fourth-order valence-corrected chi connectivity index (χ4v) is 2.93. The number of fused-ring (bicyclic) bond motifs is 1. The van der Waals surface area contributed by atoms with Crippen LogP contribution in [0.25, 0.3) is 23.1 Å². The molecule has 0 fully saturated rings. The van der Waals surface area contributed by atoms with Crippen LogP contribution < -0.4 is 5.32 Å². The number of pyridine rings is 1. The van der Waals surface area contributed by atoms with E-state index in [4.69, 9.17) is 23.2 Å². The molecule has 0 spiro atoms. The molecule has 9 heteroatoms. The molecule has 0 bridgehead atoms. The first-order valence-corrected chi connectivity index (χ1v) is 8.55. The second-order valence-corrected chi connectivity index (χ2v) is 6.55. The molecule has 1 aromatic heterocycles. The highest BCUT2D eigenvalue weighted by atomic mass is 35.5. The van der Waals surface area contributed by atoms with E-state index in [2.05, 4.69) is 4.98 Å². The van der Waals surface area contributed by atoms with Gasteiger partial charge in [0.15, 0.2) is 5.75 Å². The Morgan fingerprint density at radius 2 is 1.82 bits per heavy atom. The van der Waals surface area contributed by atoms with Crippen molar-refractivity contribution in [1.82, 2.24) is 4.98 Å². The first-order valence-electron chi connectivity index (χ1n) is 7.79.